The fourth-order valence-corrected chi connectivity index (χ4v) is 5.97. The molecule has 1 rings (SSSR count). The van der Waals surface area contributed by atoms with Crippen molar-refractivity contribution >= 4 is 16.4 Å². The second-order valence-corrected chi connectivity index (χ2v) is 14.2. The van der Waals surface area contributed by atoms with Gasteiger partial charge in [-0.15, -0.1) is 0 Å². The van der Waals surface area contributed by atoms with Gasteiger partial charge >= 0.3 is 16.4 Å². The van der Waals surface area contributed by atoms with Crippen LogP contribution in [0, 0.1) is 0 Å². The molecular formula is C40H68O12S. The lowest BCUT2D eigenvalue weighted by Gasteiger charge is -2.41. The van der Waals surface area contributed by atoms with Crippen molar-refractivity contribution in [2.24, 2.45) is 0 Å². The Kier molecular flexibility index (Phi) is 29.6. The molecule has 1 aliphatic rings. The van der Waals surface area contributed by atoms with Gasteiger partial charge in [-0.05, 0) is 57.8 Å². The Morgan fingerprint density at radius 2 is 1.30 bits per heavy atom. The lowest BCUT2D eigenvalue weighted by molar-refractivity contribution is -0.301. The quantitative estimate of drug-likeness (QED) is 0.0238. The number of hydrogen-bond donors (Lipinski definition) is 4. The van der Waals surface area contributed by atoms with E-state index in [2.05, 4.69) is 78.8 Å². The Hall–Kier alpha value is -2.20. The first kappa shape index (κ1) is 48.8. The standard InChI is InChI=1S/C40H68O12S/c1-3-5-7-9-11-12-13-14-15-16-17-18-19-20-21-22-23-25-27-29-36(42)50-34(32-48-30-28-26-24-10-8-6-4-2)33-49-40-38(44)39(52-53(45,46)47)37(43)35(31-41)51-40/h5,7,11-12,14-15,17-18,20-21,34-35,37-41,43-44H,3-4,6,8-10,13,16,19,22-33H2,1-2H3,(H,45,46,47)/b7-5-,12-11-,15-14-,18-17-,21-20-. The maximum absolute atomic E-state index is 12.7. The van der Waals surface area contributed by atoms with E-state index in [1.807, 2.05) is 0 Å². The SMILES string of the molecule is CC/C=C\C/C=C\C/C=C\C/C=C\C/C=C\CCCCCC(=O)OC(COCCCCCCCCC)COC1OC(CO)C(O)C(OS(=O)(=O)O)C1O. The Morgan fingerprint density at radius 1 is 0.736 bits per heavy atom. The van der Waals surface area contributed by atoms with E-state index in [4.69, 9.17) is 23.5 Å². The van der Waals surface area contributed by atoms with Crippen molar-refractivity contribution in [3.8, 4) is 0 Å². The molecule has 0 amide bonds. The molecule has 53 heavy (non-hydrogen) atoms. The maximum Gasteiger partial charge on any atom is 0.397 e. The van der Waals surface area contributed by atoms with Crippen molar-refractivity contribution in [2.75, 3.05) is 26.4 Å². The highest BCUT2D eigenvalue weighted by Gasteiger charge is 2.48. The van der Waals surface area contributed by atoms with Crippen LogP contribution in [0.4, 0.5) is 0 Å². The van der Waals surface area contributed by atoms with Gasteiger partial charge in [0.05, 0.1) is 19.8 Å². The first-order chi connectivity index (χ1) is 25.6. The molecule has 6 atom stereocenters. The van der Waals surface area contributed by atoms with E-state index in [1.54, 1.807) is 0 Å². The minimum absolute atomic E-state index is 0.0193. The third kappa shape index (κ3) is 26.3. The van der Waals surface area contributed by atoms with Gasteiger partial charge < -0.3 is 34.3 Å². The first-order valence-electron chi connectivity index (χ1n) is 19.5. The largest absolute Gasteiger partial charge is 0.457 e. The third-order valence-corrected chi connectivity index (χ3v) is 8.87. The molecule has 6 unspecified atom stereocenters. The van der Waals surface area contributed by atoms with Crippen LogP contribution in [0.15, 0.2) is 60.8 Å². The van der Waals surface area contributed by atoms with Crippen LogP contribution in [-0.4, -0.2) is 97.5 Å². The number of esters is 1. The fourth-order valence-electron chi connectivity index (χ4n) is 5.46. The molecule has 306 valence electrons. The first-order valence-corrected chi connectivity index (χ1v) is 20.9. The number of rotatable bonds is 32. The predicted molar refractivity (Wildman–Crippen MR) is 206 cm³/mol. The lowest BCUT2D eigenvalue weighted by atomic mass is 9.99. The van der Waals surface area contributed by atoms with Crippen LogP contribution < -0.4 is 0 Å². The smallest absolute Gasteiger partial charge is 0.397 e. The summed E-state index contributed by atoms with van der Waals surface area (Å²) >= 11 is 0. The Balaban J connectivity index is 2.47. The molecule has 0 bridgehead atoms. The van der Waals surface area contributed by atoms with Gasteiger partial charge in [0.25, 0.3) is 0 Å². The van der Waals surface area contributed by atoms with E-state index in [0.29, 0.717) is 13.0 Å². The molecule has 1 heterocycles. The molecule has 13 heteroatoms. The highest BCUT2D eigenvalue weighted by atomic mass is 32.3. The predicted octanol–water partition coefficient (Wildman–Crippen LogP) is 7.01. The molecule has 0 aromatic rings. The maximum atomic E-state index is 12.7. The minimum atomic E-state index is -5.06. The van der Waals surface area contributed by atoms with Crippen molar-refractivity contribution in [3.05, 3.63) is 60.8 Å². The number of allylic oxidation sites excluding steroid dienone is 10. The van der Waals surface area contributed by atoms with E-state index in [1.165, 1.54) is 25.7 Å². The van der Waals surface area contributed by atoms with Crippen molar-refractivity contribution in [3.63, 3.8) is 0 Å². The van der Waals surface area contributed by atoms with Crippen LogP contribution in [0.1, 0.15) is 123 Å². The van der Waals surface area contributed by atoms with Crippen LogP contribution in [-0.2, 0) is 38.3 Å². The molecule has 1 fully saturated rings. The van der Waals surface area contributed by atoms with Crippen molar-refractivity contribution in [2.45, 2.75) is 160 Å². The molecule has 12 nitrogen and oxygen atoms in total. The normalized spacial score (nSPS) is 22.0. The average Bonchev–Trinajstić information content (AvgIpc) is 3.12. The van der Waals surface area contributed by atoms with Crippen molar-refractivity contribution in [1.82, 2.24) is 0 Å². The zero-order valence-corrected chi connectivity index (χ0v) is 32.9. The number of aliphatic hydroxyl groups is 3. The summed E-state index contributed by atoms with van der Waals surface area (Å²) in [4.78, 5) is 12.7. The molecule has 1 saturated heterocycles. The highest BCUT2D eigenvalue weighted by Crippen LogP contribution is 2.26. The summed E-state index contributed by atoms with van der Waals surface area (Å²) in [6.45, 7) is 3.75. The van der Waals surface area contributed by atoms with Crippen molar-refractivity contribution in [1.29, 1.82) is 0 Å². The highest BCUT2D eigenvalue weighted by molar-refractivity contribution is 7.80. The topological polar surface area (TPSA) is 178 Å². The zero-order chi connectivity index (χ0) is 39.0. The molecule has 0 aromatic carbocycles. The summed E-state index contributed by atoms with van der Waals surface area (Å²) in [5.74, 6) is -0.436. The van der Waals surface area contributed by atoms with Gasteiger partial charge in [-0.2, -0.15) is 8.42 Å². The van der Waals surface area contributed by atoms with Crippen LogP contribution >= 0.6 is 0 Å². The number of unbranched alkanes of at least 4 members (excludes halogenated alkanes) is 9. The van der Waals surface area contributed by atoms with Gasteiger partial charge in [-0.25, -0.2) is 4.18 Å². The Labute approximate surface area is 318 Å². The number of hydrogen-bond acceptors (Lipinski definition) is 11. The Bertz CT molecular complexity index is 1170. The van der Waals surface area contributed by atoms with Crippen LogP contribution in [0.5, 0.6) is 0 Å². The molecule has 0 aliphatic carbocycles. The van der Waals surface area contributed by atoms with E-state index in [0.717, 1.165) is 70.6 Å². The number of aliphatic hydroxyl groups excluding tert-OH is 3. The van der Waals surface area contributed by atoms with Gasteiger partial charge in [-0.3, -0.25) is 9.35 Å². The second-order valence-electron chi connectivity index (χ2n) is 13.1. The molecule has 0 aromatic heterocycles. The number of ether oxygens (including phenoxy) is 4. The third-order valence-electron chi connectivity index (χ3n) is 8.40. The van der Waals surface area contributed by atoms with Gasteiger partial charge in [0.15, 0.2) is 6.29 Å². The fraction of sp³-hybridized carbons (Fsp3) is 0.725. The summed E-state index contributed by atoms with van der Waals surface area (Å²) in [6.07, 6.45) is 28.5. The summed E-state index contributed by atoms with van der Waals surface area (Å²) in [7, 11) is -5.06. The molecule has 1 aliphatic heterocycles. The summed E-state index contributed by atoms with van der Waals surface area (Å²) in [5, 5.41) is 30.5. The molecule has 0 saturated carbocycles. The molecular weight excluding hydrogens is 704 g/mol. The van der Waals surface area contributed by atoms with Crippen LogP contribution in [0.2, 0.25) is 0 Å². The molecule has 0 radical (unpaired) electrons. The van der Waals surface area contributed by atoms with E-state index < -0.39 is 59.8 Å². The average molecular weight is 773 g/mol. The second kappa shape index (κ2) is 32.1. The van der Waals surface area contributed by atoms with Gasteiger partial charge in [0.1, 0.15) is 30.5 Å². The monoisotopic (exact) mass is 772 g/mol. The van der Waals surface area contributed by atoms with Crippen LogP contribution in [0.25, 0.3) is 0 Å². The van der Waals surface area contributed by atoms with Gasteiger partial charge in [-0.1, -0.05) is 120 Å². The van der Waals surface area contributed by atoms with Crippen molar-refractivity contribution < 1.29 is 56.2 Å². The molecule has 0 spiro atoms. The zero-order valence-electron chi connectivity index (χ0n) is 32.0. The number of carbonyl (C=O) groups excluding carboxylic acids is 1. The summed E-state index contributed by atoms with van der Waals surface area (Å²) < 4.78 is 58.6. The lowest BCUT2D eigenvalue weighted by Crippen LogP contribution is -2.60. The molecule has 4 N–H and O–H groups in total. The number of carbonyl (C=O) groups is 1. The van der Waals surface area contributed by atoms with E-state index >= 15 is 0 Å². The summed E-state index contributed by atoms with van der Waals surface area (Å²) in [5.41, 5.74) is 0. The van der Waals surface area contributed by atoms with Gasteiger partial charge in [0.2, 0.25) is 0 Å². The van der Waals surface area contributed by atoms with Gasteiger partial charge in [0, 0.05) is 13.0 Å². The minimum Gasteiger partial charge on any atom is -0.457 e. The van der Waals surface area contributed by atoms with E-state index in [9.17, 15) is 28.5 Å². The Morgan fingerprint density at radius 3 is 1.89 bits per heavy atom. The van der Waals surface area contributed by atoms with E-state index in [-0.39, 0.29) is 19.6 Å². The van der Waals surface area contributed by atoms with Crippen LogP contribution in [0.3, 0.4) is 0 Å². The summed E-state index contributed by atoms with van der Waals surface area (Å²) in [6, 6.07) is 0.